The fraction of sp³-hybridized carbons (Fsp3) is 0.542. The Morgan fingerprint density at radius 3 is 2.54 bits per heavy atom. The highest BCUT2D eigenvalue weighted by atomic mass is 32.2. The van der Waals surface area contributed by atoms with Gasteiger partial charge in [-0.25, -0.2) is 13.6 Å². The van der Waals surface area contributed by atoms with Crippen molar-refractivity contribution in [1.82, 2.24) is 14.7 Å². The van der Waals surface area contributed by atoms with Gasteiger partial charge in [-0.3, -0.25) is 14.5 Å². The second-order valence-electron chi connectivity index (χ2n) is 9.66. The van der Waals surface area contributed by atoms with Crippen molar-refractivity contribution in [3.63, 3.8) is 0 Å². The second kappa shape index (κ2) is 9.51. The molecular formula is C24H29F2N3O5S. The number of aliphatic hydroxyl groups excluding tert-OH is 1. The van der Waals surface area contributed by atoms with Crippen molar-refractivity contribution >= 4 is 29.5 Å². The maximum Gasteiger partial charge on any atom is 0.353 e. The molecule has 3 heterocycles. The summed E-state index contributed by atoms with van der Waals surface area (Å²) in [6.45, 7) is 3.86. The molecule has 35 heavy (non-hydrogen) atoms. The van der Waals surface area contributed by atoms with Gasteiger partial charge in [-0.05, 0) is 19.4 Å². The molecule has 0 spiro atoms. The fourth-order valence-electron chi connectivity index (χ4n) is 5.40. The number of likely N-dealkylation sites (tertiary alicyclic amines) is 1. The van der Waals surface area contributed by atoms with E-state index in [9.17, 15) is 33.4 Å². The van der Waals surface area contributed by atoms with E-state index in [4.69, 9.17) is 0 Å². The Bertz CT molecular complexity index is 1090. The molecule has 3 aliphatic heterocycles. The smallest absolute Gasteiger partial charge is 0.353 e. The van der Waals surface area contributed by atoms with Crippen LogP contribution in [0.2, 0.25) is 0 Å². The summed E-state index contributed by atoms with van der Waals surface area (Å²) in [5.41, 5.74) is 0.204. The molecule has 0 saturated carbocycles. The predicted octanol–water partition coefficient (Wildman–Crippen LogP) is 1.88. The van der Waals surface area contributed by atoms with Crippen LogP contribution >= 0.6 is 11.8 Å². The summed E-state index contributed by atoms with van der Waals surface area (Å²) >= 11 is 1.33. The minimum atomic E-state index is -1.21. The quantitative estimate of drug-likeness (QED) is 0.542. The van der Waals surface area contributed by atoms with Crippen LogP contribution in [0.1, 0.15) is 25.8 Å². The van der Waals surface area contributed by atoms with Gasteiger partial charge in [0.15, 0.2) is 0 Å². The number of benzene rings is 1. The van der Waals surface area contributed by atoms with Gasteiger partial charge in [0.05, 0.1) is 24.1 Å². The van der Waals surface area contributed by atoms with Crippen molar-refractivity contribution in [1.29, 1.82) is 0 Å². The monoisotopic (exact) mass is 509 g/mol. The number of aliphatic hydroxyl groups is 1. The van der Waals surface area contributed by atoms with Crippen LogP contribution in [0.3, 0.4) is 0 Å². The van der Waals surface area contributed by atoms with Crippen molar-refractivity contribution < 1.29 is 33.4 Å². The highest BCUT2D eigenvalue weighted by molar-refractivity contribution is 8.03. The van der Waals surface area contributed by atoms with Gasteiger partial charge in [-0.2, -0.15) is 0 Å². The van der Waals surface area contributed by atoms with Gasteiger partial charge < -0.3 is 20.0 Å². The van der Waals surface area contributed by atoms with Crippen molar-refractivity contribution in [2.45, 2.75) is 50.3 Å². The second-order valence-corrected chi connectivity index (χ2v) is 11.0. The average Bonchev–Trinajstić information content (AvgIpc) is 3.26. The number of fused-ring (bicyclic) bond motifs is 1. The first-order valence-electron chi connectivity index (χ1n) is 11.5. The number of nitrogens with zero attached hydrogens (tertiary/aromatic N) is 3. The number of β-lactam (4-membered cyclic amide) rings is 1. The van der Waals surface area contributed by atoms with Crippen molar-refractivity contribution in [2.75, 3.05) is 20.6 Å². The Morgan fingerprint density at radius 1 is 1.29 bits per heavy atom. The Balaban J connectivity index is 1.59. The largest absolute Gasteiger partial charge is 0.477 e. The number of likely N-dealkylation sites (N-methyl/N-ethyl adjacent to an activating group) is 1. The van der Waals surface area contributed by atoms with Crippen LogP contribution in [-0.4, -0.2) is 86.8 Å². The van der Waals surface area contributed by atoms with E-state index in [1.165, 1.54) is 40.6 Å². The molecule has 0 radical (unpaired) electrons. The third-order valence-electron chi connectivity index (χ3n) is 7.08. The summed E-state index contributed by atoms with van der Waals surface area (Å²) in [5, 5.41) is 19.7. The zero-order valence-electron chi connectivity index (χ0n) is 19.9. The Labute approximate surface area is 206 Å². The minimum Gasteiger partial charge on any atom is -0.477 e. The molecule has 2 amide bonds. The number of thioether (sulfide) groups is 1. The Hall–Kier alpha value is -2.50. The molecule has 0 aliphatic carbocycles. The topological polar surface area (TPSA) is 101 Å². The summed E-state index contributed by atoms with van der Waals surface area (Å²) in [4.78, 5) is 42.7. The van der Waals surface area contributed by atoms with Crippen LogP contribution in [0.15, 0.2) is 28.8 Å². The van der Waals surface area contributed by atoms with Crippen LogP contribution in [0.4, 0.5) is 8.78 Å². The van der Waals surface area contributed by atoms with Crippen molar-refractivity contribution in [3.8, 4) is 0 Å². The number of amides is 2. The van der Waals surface area contributed by atoms with E-state index in [1.54, 1.807) is 14.1 Å². The summed E-state index contributed by atoms with van der Waals surface area (Å²) in [6.07, 6.45) is -0.480. The molecule has 6 atom stereocenters. The lowest BCUT2D eigenvalue weighted by molar-refractivity contribution is -0.163. The molecule has 2 saturated heterocycles. The maximum atomic E-state index is 14.3. The van der Waals surface area contributed by atoms with Gasteiger partial charge in [0.1, 0.15) is 17.3 Å². The molecule has 11 heteroatoms. The van der Waals surface area contributed by atoms with E-state index >= 15 is 0 Å². The molecule has 0 bridgehead atoms. The molecule has 0 aromatic heterocycles. The first-order valence-corrected chi connectivity index (χ1v) is 12.3. The molecule has 4 rings (SSSR count). The summed E-state index contributed by atoms with van der Waals surface area (Å²) in [7, 11) is 3.27. The van der Waals surface area contributed by atoms with Crippen LogP contribution in [-0.2, 0) is 20.9 Å². The van der Waals surface area contributed by atoms with Gasteiger partial charge in [-0.15, -0.1) is 11.8 Å². The zero-order valence-corrected chi connectivity index (χ0v) is 20.8. The number of rotatable bonds is 7. The molecule has 190 valence electrons. The van der Waals surface area contributed by atoms with Crippen LogP contribution in [0.25, 0.3) is 0 Å². The van der Waals surface area contributed by atoms with Crippen molar-refractivity contribution in [2.24, 2.45) is 11.8 Å². The third kappa shape index (κ3) is 4.45. The number of hydrogen-bond donors (Lipinski definition) is 2. The maximum absolute atomic E-state index is 14.3. The number of hydrogen-bond acceptors (Lipinski definition) is 6. The van der Waals surface area contributed by atoms with E-state index in [2.05, 4.69) is 0 Å². The molecule has 2 fully saturated rings. The normalized spacial score (nSPS) is 29.3. The minimum absolute atomic E-state index is 0.0621. The van der Waals surface area contributed by atoms with E-state index in [0.717, 1.165) is 6.07 Å². The highest BCUT2D eigenvalue weighted by Gasteiger charge is 2.60. The van der Waals surface area contributed by atoms with E-state index in [0.29, 0.717) is 17.9 Å². The average molecular weight is 510 g/mol. The number of carbonyl (C=O) groups is 3. The number of aliphatic carboxylic acids is 1. The molecular weight excluding hydrogens is 480 g/mol. The van der Waals surface area contributed by atoms with Gasteiger partial charge in [0.2, 0.25) is 11.8 Å². The van der Waals surface area contributed by atoms with Gasteiger partial charge in [0.25, 0.3) is 0 Å². The number of carboxylic acids is 1. The summed E-state index contributed by atoms with van der Waals surface area (Å²) < 4.78 is 27.7. The van der Waals surface area contributed by atoms with E-state index in [1.807, 2.05) is 11.8 Å². The predicted molar refractivity (Wildman–Crippen MR) is 125 cm³/mol. The molecule has 3 aliphatic rings. The SMILES string of the molecule is C[C@@H](O)[C@H]1C(=O)N2C(C(=O)O)=C(S[C@H]3C[C@@H](C(=O)N(C)C)N(Cc4ccc(F)cc4F)C3)[C@H](C)[C@H]12. The number of carboxylic acid groups (broad SMARTS) is 1. The van der Waals surface area contributed by atoms with E-state index < -0.39 is 47.6 Å². The van der Waals surface area contributed by atoms with E-state index in [-0.39, 0.29) is 34.9 Å². The molecule has 8 nitrogen and oxygen atoms in total. The van der Waals surface area contributed by atoms with Gasteiger partial charge in [0, 0.05) is 54.9 Å². The molecule has 1 aromatic rings. The Morgan fingerprint density at radius 2 is 1.97 bits per heavy atom. The molecule has 2 N–H and O–H groups in total. The van der Waals surface area contributed by atoms with Crippen LogP contribution in [0.5, 0.6) is 0 Å². The lowest BCUT2D eigenvalue weighted by Gasteiger charge is -2.46. The lowest BCUT2D eigenvalue weighted by atomic mass is 9.79. The van der Waals surface area contributed by atoms with Gasteiger partial charge >= 0.3 is 5.97 Å². The molecule has 1 aromatic carbocycles. The number of halogens is 2. The highest BCUT2D eigenvalue weighted by Crippen LogP contribution is 2.52. The third-order valence-corrected chi connectivity index (χ3v) is 8.58. The molecule has 0 unspecified atom stereocenters. The van der Waals surface area contributed by atoms with Crippen molar-refractivity contribution in [3.05, 3.63) is 46.0 Å². The fourth-order valence-corrected chi connectivity index (χ4v) is 6.96. The standard InChI is InChI=1S/C24H29F2N3O5S/c1-11-19-18(12(2)30)23(32)29(19)20(24(33)34)21(11)35-15-8-17(22(31)27(3)4)28(10-15)9-13-5-6-14(25)7-16(13)26/h5-7,11-12,15,17-19,30H,8-10H2,1-4H3,(H,33,34)/t11-,12-,15+,17+,18-,19-/m1/s1. The summed E-state index contributed by atoms with van der Waals surface area (Å²) in [5.74, 6) is -4.06. The van der Waals surface area contributed by atoms with Crippen LogP contribution in [0, 0.1) is 23.5 Å². The first-order chi connectivity index (χ1) is 16.4. The Kier molecular flexibility index (Phi) is 6.96. The summed E-state index contributed by atoms with van der Waals surface area (Å²) in [6, 6.07) is 2.37. The van der Waals surface area contributed by atoms with Crippen LogP contribution < -0.4 is 0 Å². The lowest BCUT2D eigenvalue weighted by Crippen LogP contribution is -2.63. The number of carbonyl (C=O) groups excluding carboxylic acids is 2. The zero-order chi connectivity index (χ0) is 25.8. The first kappa shape index (κ1) is 25.6. The van der Waals surface area contributed by atoms with Gasteiger partial charge in [-0.1, -0.05) is 13.0 Å².